The average Bonchev–Trinajstić information content (AvgIpc) is 2.21. The van der Waals surface area contributed by atoms with Crippen molar-refractivity contribution in [1.29, 1.82) is 0 Å². The number of piperidine rings is 1. The Morgan fingerprint density at radius 3 is 2.00 bits per heavy atom. The molecule has 7 nitrogen and oxygen atoms in total. The molecule has 1 aliphatic heterocycles. The smallest absolute Gasteiger partial charge is 0.304 e. The van der Waals surface area contributed by atoms with Crippen LogP contribution in [-0.2, 0) is 23.9 Å². The first kappa shape index (κ1) is 17.4. The Morgan fingerprint density at radius 1 is 1.11 bits per heavy atom. The van der Waals surface area contributed by atoms with E-state index in [4.69, 9.17) is 19.4 Å². The molecular formula is C12H21NO6. The summed E-state index contributed by atoms with van der Waals surface area (Å²) in [6.07, 6.45) is -0.00861. The topological polar surface area (TPSA) is 102 Å². The normalized spacial score (nSPS) is 25.6. The number of carboxylic acids is 1. The highest BCUT2D eigenvalue weighted by molar-refractivity contribution is 5.67. The molecule has 3 unspecified atom stereocenters. The molecule has 0 saturated carbocycles. The molecule has 0 aromatic rings. The van der Waals surface area contributed by atoms with E-state index in [0.29, 0.717) is 0 Å². The van der Waals surface area contributed by atoms with Crippen LogP contribution < -0.4 is 5.32 Å². The summed E-state index contributed by atoms with van der Waals surface area (Å²) in [5, 5.41) is 10.4. The van der Waals surface area contributed by atoms with Gasteiger partial charge in [0.15, 0.2) is 12.3 Å². The van der Waals surface area contributed by atoms with Gasteiger partial charge < -0.3 is 14.6 Å². The second kappa shape index (κ2) is 8.47. The third-order valence-corrected chi connectivity index (χ3v) is 2.40. The number of carbonyl (C=O) groups is 3. The van der Waals surface area contributed by atoms with Gasteiger partial charge in [0.05, 0.1) is 0 Å². The number of esters is 2. The van der Waals surface area contributed by atoms with Gasteiger partial charge in [0.2, 0.25) is 0 Å². The van der Waals surface area contributed by atoms with Gasteiger partial charge in [0, 0.05) is 20.8 Å². The lowest BCUT2D eigenvalue weighted by Crippen LogP contribution is -2.52. The molecule has 0 aliphatic carbocycles. The SMILES string of the molecule is CC(=O)O.CC(=O)OC1NCCC(C)C1OC(C)=O. The molecule has 3 atom stereocenters. The molecule has 1 rings (SSSR count). The minimum atomic E-state index is -0.833. The van der Waals surface area contributed by atoms with Crippen molar-refractivity contribution in [3.8, 4) is 0 Å². The van der Waals surface area contributed by atoms with E-state index >= 15 is 0 Å². The van der Waals surface area contributed by atoms with Crippen LogP contribution >= 0.6 is 0 Å². The molecule has 0 amide bonds. The molecule has 110 valence electrons. The van der Waals surface area contributed by atoms with Crippen LogP contribution in [0.15, 0.2) is 0 Å². The van der Waals surface area contributed by atoms with Gasteiger partial charge in [-0.05, 0) is 18.9 Å². The number of hydrogen-bond donors (Lipinski definition) is 2. The van der Waals surface area contributed by atoms with Gasteiger partial charge in [-0.3, -0.25) is 19.7 Å². The third-order valence-electron chi connectivity index (χ3n) is 2.40. The van der Waals surface area contributed by atoms with Gasteiger partial charge in [-0.25, -0.2) is 0 Å². The number of nitrogens with one attached hydrogen (secondary N) is 1. The maximum atomic E-state index is 10.9. The number of rotatable bonds is 2. The summed E-state index contributed by atoms with van der Waals surface area (Å²) in [5.74, 6) is -1.37. The predicted molar refractivity (Wildman–Crippen MR) is 66.2 cm³/mol. The van der Waals surface area contributed by atoms with Crippen molar-refractivity contribution in [2.45, 2.75) is 46.4 Å². The molecule has 0 bridgehead atoms. The first-order valence-corrected chi connectivity index (χ1v) is 6.01. The molecule has 2 N–H and O–H groups in total. The van der Waals surface area contributed by atoms with Crippen molar-refractivity contribution in [2.24, 2.45) is 5.92 Å². The molecule has 0 radical (unpaired) electrons. The Kier molecular flexibility index (Phi) is 7.74. The molecule has 1 aliphatic rings. The molecule has 0 spiro atoms. The maximum Gasteiger partial charge on any atom is 0.304 e. The Labute approximate surface area is 112 Å². The number of aliphatic carboxylic acids is 1. The molecule has 7 heteroatoms. The van der Waals surface area contributed by atoms with Crippen molar-refractivity contribution >= 4 is 17.9 Å². The zero-order valence-electron chi connectivity index (χ0n) is 11.6. The fraction of sp³-hybridized carbons (Fsp3) is 0.750. The lowest BCUT2D eigenvalue weighted by atomic mass is 9.95. The summed E-state index contributed by atoms with van der Waals surface area (Å²) in [5.41, 5.74) is 0. The van der Waals surface area contributed by atoms with Gasteiger partial charge in [-0.15, -0.1) is 0 Å². The zero-order chi connectivity index (χ0) is 15.0. The summed E-state index contributed by atoms with van der Waals surface area (Å²) < 4.78 is 10.2. The van der Waals surface area contributed by atoms with E-state index in [1.165, 1.54) is 13.8 Å². The van der Waals surface area contributed by atoms with Crippen molar-refractivity contribution < 1.29 is 29.0 Å². The Hall–Kier alpha value is -1.63. The van der Waals surface area contributed by atoms with E-state index in [1.807, 2.05) is 6.92 Å². The summed E-state index contributed by atoms with van der Waals surface area (Å²) in [6.45, 7) is 6.51. The van der Waals surface area contributed by atoms with Gasteiger partial charge in [0.1, 0.15) is 0 Å². The largest absolute Gasteiger partial charge is 0.481 e. The number of carbonyl (C=O) groups excluding carboxylic acids is 2. The van der Waals surface area contributed by atoms with Gasteiger partial charge in [-0.1, -0.05) is 6.92 Å². The van der Waals surface area contributed by atoms with E-state index in [-0.39, 0.29) is 24.0 Å². The summed E-state index contributed by atoms with van der Waals surface area (Å²) in [4.78, 5) is 30.7. The minimum absolute atomic E-state index is 0.194. The predicted octanol–water partition coefficient (Wildman–Crippen LogP) is 0.528. The van der Waals surface area contributed by atoms with Crippen LogP contribution in [-0.4, -0.2) is 41.9 Å². The van der Waals surface area contributed by atoms with E-state index in [9.17, 15) is 9.59 Å². The summed E-state index contributed by atoms with van der Waals surface area (Å²) in [7, 11) is 0. The third kappa shape index (κ3) is 8.15. The van der Waals surface area contributed by atoms with Crippen LogP contribution in [0.5, 0.6) is 0 Å². The summed E-state index contributed by atoms with van der Waals surface area (Å²) in [6, 6.07) is 0. The minimum Gasteiger partial charge on any atom is -0.481 e. The lowest BCUT2D eigenvalue weighted by Gasteiger charge is -2.35. The van der Waals surface area contributed by atoms with E-state index in [0.717, 1.165) is 19.9 Å². The quantitative estimate of drug-likeness (QED) is 0.708. The van der Waals surface area contributed by atoms with Crippen molar-refractivity contribution in [1.82, 2.24) is 5.32 Å². The molecule has 1 saturated heterocycles. The number of ether oxygens (including phenoxy) is 2. The Balaban J connectivity index is 0.000000711. The second-order valence-electron chi connectivity index (χ2n) is 4.34. The molecule has 0 aromatic carbocycles. The number of hydrogen-bond acceptors (Lipinski definition) is 6. The molecule has 0 aromatic heterocycles. The van der Waals surface area contributed by atoms with Gasteiger partial charge in [-0.2, -0.15) is 0 Å². The van der Waals surface area contributed by atoms with Crippen molar-refractivity contribution in [3.63, 3.8) is 0 Å². The maximum absolute atomic E-state index is 10.9. The van der Waals surface area contributed by atoms with E-state index < -0.39 is 12.2 Å². The van der Waals surface area contributed by atoms with E-state index in [2.05, 4.69) is 5.32 Å². The monoisotopic (exact) mass is 275 g/mol. The van der Waals surface area contributed by atoms with Gasteiger partial charge in [0.25, 0.3) is 5.97 Å². The zero-order valence-corrected chi connectivity index (χ0v) is 11.6. The summed E-state index contributed by atoms with van der Waals surface area (Å²) >= 11 is 0. The molecule has 19 heavy (non-hydrogen) atoms. The fourth-order valence-electron chi connectivity index (χ4n) is 1.69. The standard InChI is InChI=1S/C10H17NO4.C2H4O2/c1-6-4-5-11-10(15-8(3)13)9(6)14-7(2)12;1-2(3)4/h6,9-11H,4-5H2,1-3H3;1H3,(H,3,4). The van der Waals surface area contributed by atoms with Crippen LogP contribution in [0.2, 0.25) is 0 Å². The van der Waals surface area contributed by atoms with Crippen LogP contribution in [0.4, 0.5) is 0 Å². The van der Waals surface area contributed by atoms with Crippen LogP contribution in [0.3, 0.4) is 0 Å². The molecule has 1 fully saturated rings. The molecule has 1 heterocycles. The Bertz CT molecular complexity index is 326. The highest BCUT2D eigenvalue weighted by Crippen LogP contribution is 2.20. The lowest BCUT2D eigenvalue weighted by molar-refractivity contribution is -0.176. The first-order chi connectivity index (χ1) is 8.73. The number of carboxylic acid groups (broad SMARTS) is 1. The van der Waals surface area contributed by atoms with Crippen LogP contribution in [0.1, 0.15) is 34.1 Å². The van der Waals surface area contributed by atoms with Crippen molar-refractivity contribution in [3.05, 3.63) is 0 Å². The van der Waals surface area contributed by atoms with E-state index in [1.54, 1.807) is 0 Å². The highest BCUT2D eigenvalue weighted by Gasteiger charge is 2.35. The average molecular weight is 275 g/mol. The molecular weight excluding hydrogens is 254 g/mol. The fourth-order valence-corrected chi connectivity index (χ4v) is 1.69. The highest BCUT2D eigenvalue weighted by atomic mass is 16.6. The van der Waals surface area contributed by atoms with Crippen molar-refractivity contribution in [2.75, 3.05) is 6.54 Å². The second-order valence-corrected chi connectivity index (χ2v) is 4.34. The van der Waals surface area contributed by atoms with Gasteiger partial charge >= 0.3 is 11.9 Å². The van der Waals surface area contributed by atoms with Crippen LogP contribution in [0.25, 0.3) is 0 Å². The Morgan fingerprint density at radius 2 is 1.58 bits per heavy atom. The first-order valence-electron chi connectivity index (χ1n) is 6.01. The van der Waals surface area contributed by atoms with Crippen LogP contribution in [0, 0.1) is 5.92 Å².